The van der Waals surface area contributed by atoms with Crippen molar-refractivity contribution in [1.29, 1.82) is 0 Å². The lowest BCUT2D eigenvalue weighted by molar-refractivity contribution is 0.340. The molecule has 0 fully saturated rings. The summed E-state index contributed by atoms with van der Waals surface area (Å²) in [5, 5.41) is 3.35. The number of hydrogen-bond donors (Lipinski definition) is 1. The summed E-state index contributed by atoms with van der Waals surface area (Å²) in [6.07, 6.45) is 5.46. The first-order valence-corrected chi connectivity index (χ1v) is 5.79. The van der Waals surface area contributed by atoms with Crippen molar-refractivity contribution in [1.82, 2.24) is 5.32 Å². The molecule has 1 nitrogen and oxygen atoms in total. The Morgan fingerprint density at radius 3 is 2.08 bits per heavy atom. The highest BCUT2D eigenvalue weighted by Gasteiger charge is 2.12. The predicted octanol–water partition coefficient (Wildman–Crippen LogP) is 3.45. The molecular formula is C12H27N. The van der Waals surface area contributed by atoms with E-state index in [0.717, 1.165) is 11.8 Å². The average Bonchev–Trinajstić information content (AvgIpc) is 2.11. The second-order valence-electron chi connectivity index (χ2n) is 4.57. The molecule has 0 aliphatic rings. The molecular weight excluding hydrogens is 158 g/mol. The summed E-state index contributed by atoms with van der Waals surface area (Å²) in [5.74, 6) is 1.73. The maximum atomic E-state index is 3.35. The van der Waals surface area contributed by atoms with E-state index in [0.29, 0.717) is 6.04 Å². The minimum absolute atomic E-state index is 0.678. The first kappa shape index (κ1) is 13.0. The second-order valence-corrected chi connectivity index (χ2v) is 4.57. The van der Waals surface area contributed by atoms with Gasteiger partial charge in [0.1, 0.15) is 0 Å². The summed E-state index contributed by atoms with van der Waals surface area (Å²) in [6.45, 7) is 9.21. The highest BCUT2D eigenvalue weighted by Crippen LogP contribution is 2.18. The Balaban J connectivity index is 3.59. The van der Waals surface area contributed by atoms with Crippen LogP contribution in [0.25, 0.3) is 0 Å². The monoisotopic (exact) mass is 185 g/mol. The zero-order valence-electron chi connectivity index (χ0n) is 10.1. The van der Waals surface area contributed by atoms with Gasteiger partial charge in [0.2, 0.25) is 0 Å². The van der Waals surface area contributed by atoms with Gasteiger partial charge in [0.05, 0.1) is 0 Å². The normalized spacial score (nSPS) is 16.2. The molecule has 0 aromatic carbocycles. The molecule has 2 atom stereocenters. The Morgan fingerprint density at radius 1 is 1.08 bits per heavy atom. The maximum absolute atomic E-state index is 3.35. The van der Waals surface area contributed by atoms with Crippen molar-refractivity contribution in [3.8, 4) is 0 Å². The van der Waals surface area contributed by atoms with Crippen LogP contribution in [-0.4, -0.2) is 13.1 Å². The van der Waals surface area contributed by atoms with Crippen LogP contribution < -0.4 is 5.32 Å². The average molecular weight is 185 g/mol. The van der Waals surface area contributed by atoms with Gasteiger partial charge in [-0.3, -0.25) is 0 Å². The zero-order chi connectivity index (χ0) is 10.3. The van der Waals surface area contributed by atoms with E-state index in [4.69, 9.17) is 0 Å². The van der Waals surface area contributed by atoms with Gasteiger partial charge in [-0.25, -0.2) is 0 Å². The van der Waals surface area contributed by atoms with Crippen LogP contribution in [0.3, 0.4) is 0 Å². The Bertz CT molecular complexity index is 110. The van der Waals surface area contributed by atoms with E-state index in [-0.39, 0.29) is 0 Å². The fraction of sp³-hybridized carbons (Fsp3) is 1.00. The summed E-state index contributed by atoms with van der Waals surface area (Å²) < 4.78 is 0. The van der Waals surface area contributed by atoms with Gasteiger partial charge in [-0.1, -0.05) is 40.0 Å². The largest absolute Gasteiger partial charge is 0.317 e. The molecule has 0 aromatic heterocycles. The van der Waals surface area contributed by atoms with E-state index < -0.39 is 0 Å². The van der Waals surface area contributed by atoms with Crippen molar-refractivity contribution in [2.75, 3.05) is 7.05 Å². The lowest BCUT2D eigenvalue weighted by Crippen LogP contribution is -2.30. The van der Waals surface area contributed by atoms with Crippen molar-refractivity contribution < 1.29 is 0 Å². The molecule has 0 spiro atoms. The minimum atomic E-state index is 0.678. The lowest BCUT2D eigenvalue weighted by Gasteiger charge is -2.22. The molecule has 2 unspecified atom stereocenters. The molecule has 80 valence electrons. The molecule has 1 N–H and O–H groups in total. The van der Waals surface area contributed by atoms with Gasteiger partial charge in [0.15, 0.2) is 0 Å². The predicted molar refractivity (Wildman–Crippen MR) is 61.0 cm³/mol. The molecule has 13 heavy (non-hydrogen) atoms. The van der Waals surface area contributed by atoms with Crippen LogP contribution in [0.15, 0.2) is 0 Å². The lowest BCUT2D eigenvalue weighted by atomic mass is 9.91. The van der Waals surface area contributed by atoms with Crippen LogP contribution >= 0.6 is 0 Å². The summed E-state index contributed by atoms with van der Waals surface area (Å²) in [5.41, 5.74) is 0. The van der Waals surface area contributed by atoms with Crippen LogP contribution in [0.4, 0.5) is 0 Å². The topological polar surface area (TPSA) is 12.0 Å². The summed E-state index contributed by atoms with van der Waals surface area (Å²) in [6, 6.07) is 0.678. The quantitative estimate of drug-likeness (QED) is 0.640. The van der Waals surface area contributed by atoms with Crippen molar-refractivity contribution in [2.24, 2.45) is 11.8 Å². The SMILES string of the molecule is CCC(CCCC(C)C)C(C)NC. The molecule has 1 heteroatoms. The van der Waals surface area contributed by atoms with Gasteiger partial charge in [-0.15, -0.1) is 0 Å². The number of nitrogens with one attached hydrogen (secondary N) is 1. The van der Waals surface area contributed by atoms with Crippen molar-refractivity contribution in [2.45, 2.75) is 59.4 Å². The molecule has 0 radical (unpaired) electrons. The van der Waals surface area contributed by atoms with Crippen LogP contribution in [0.2, 0.25) is 0 Å². The zero-order valence-corrected chi connectivity index (χ0v) is 10.1. The molecule has 0 heterocycles. The van der Waals surface area contributed by atoms with Gasteiger partial charge in [-0.05, 0) is 32.2 Å². The van der Waals surface area contributed by atoms with Gasteiger partial charge in [0, 0.05) is 6.04 Å². The van der Waals surface area contributed by atoms with Gasteiger partial charge < -0.3 is 5.32 Å². The Labute approximate surface area is 84.3 Å². The highest BCUT2D eigenvalue weighted by atomic mass is 14.9. The van der Waals surface area contributed by atoms with Crippen LogP contribution in [0.1, 0.15) is 53.4 Å². The number of rotatable bonds is 7. The summed E-state index contributed by atoms with van der Waals surface area (Å²) in [4.78, 5) is 0. The van der Waals surface area contributed by atoms with Gasteiger partial charge in [0.25, 0.3) is 0 Å². The number of hydrogen-bond acceptors (Lipinski definition) is 1. The van der Waals surface area contributed by atoms with E-state index in [1.165, 1.54) is 25.7 Å². The third kappa shape index (κ3) is 6.09. The first-order valence-electron chi connectivity index (χ1n) is 5.79. The van der Waals surface area contributed by atoms with Crippen molar-refractivity contribution in [3.05, 3.63) is 0 Å². The molecule has 0 rings (SSSR count). The van der Waals surface area contributed by atoms with Gasteiger partial charge >= 0.3 is 0 Å². The molecule has 0 aromatic rings. The van der Waals surface area contributed by atoms with Crippen LogP contribution in [0, 0.1) is 11.8 Å². The highest BCUT2D eigenvalue weighted by molar-refractivity contribution is 4.69. The molecule has 0 saturated carbocycles. The third-order valence-electron chi connectivity index (χ3n) is 3.04. The van der Waals surface area contributed by atoms with Crippen LogP contribution in [0.5, 0.6) is 0 Å². The molecule has 0 saturated heterocycles. The Kier molecular flexibility index (Phi) is 7.35. The standard InChI is InChI=1S/C12H27N/c1-6-12(11(4)13-5)9-7-8-10(2)3/h10-13H,6-9H2,1-5H3. The summed E-state index contributed by atoms with van der Waals surface area (Å²) >= 11 is 0. The fourth-order valence-electron chi connectivity index (χ4n) is 1.83. The Hall–Kier alpha value is -0.0400. The first-order chi connectivity index (χ1) is 6.11. The third-order valence-corrected chi connectivity index (χ3v) is 3.04. The molecule has 0 bridgehead atoms. The smallest absolute Gasteiger partial charge is 0.00638 e. The van der Waals surface area contributed by atoms with Crippen molar-refractivity contribution in [3.63, 3.8) is 0 Å². The minimum Gasteiger partial charge on any atom is -0.317 e. The Morgan fingerprint density at radius 2 is 1.69 bits per heavy atom. The second kappa shape index (κ2) is 7.37. The van der Waals surface area contributed by atoms with E-state index in [2.05, 4.69) is 40.1 Å². The summed E-state index contributed by atoms with van der Waals surface area (Å²) in [7, 11) is 2.07. The van der Waals surface area contributed by atoms with Gasteiger partial charge in [-0.2, -0.15) is 0 Å². The molecule has 0 aliphatic heterocycles. The van der Waals surface area contributed by atoms with E-state index in [1.807, 2.05) is 0 Å². The van der Waals surface area contributed by atoms with Crippen molar-refractivity contribution >= 4 is 0 Å². The van der Waals surface area contributed by atoms with Crippen LogP contribution in [-0.2, 0) is 0 Å². The molecule has 0 aliphatic carbocycles. The fourth-order valence-corrected chi connectivity index (χ4v) is 1.83. The maximum Gasteiger partial charge on any atom is 0.00638 e. The molecule has 0 amide bonds. The van der Waals surface area contributed by atoms with E-state index in [9.17, 15) is 0 Å². The van der Waals surface area contributed by atoms with E-state index in [1.54, 1.807) is 0 Å². The van der Waals surface area contributed by atoms with E-state index >= 15 is 0 Å².